The van der Waals surface area contributed by atoms with E-state index in [9.17, 15) is 0 Å². The van der Waals surface area contributed by atoms with Crippen molar-refractivity contribution in [2.45, 2.75) is 32.9 Å². The lowest BCUT2D eigenvalue weighted by Gasteiger charge is -2.09. The number of nitrogens with zero attached hydrogens (tertiary/aromatic N) is 2. The Balaban J connectivity index is 1.93. The largest absolute Gasteiger partial charge is 0.376 e. The van der Waals surface area contributed by atoms with E-state index in [4.69, 9.17) is 9.26 Å². The minimum atomic E-state index is -0.0841. The van der Waals surface area contributed by atoms with Gasteiger partial charge < -0.3 is 14.6 Å². The van der Waals surface area contributed by atoms with Crippen LogP contribution in [0.5, 0.6) is 0 Å². The molecule has 2 aromatic rings. The highest BCUT2D eigenvalue weighted by molar-refractivity contribution is 5.42. The molecular formula is C14H19N3O2. The van der Waals surface area contributed by atoms with Crippen molar-refractivity contribution in [3.8, 4) is 0 Å². The van der Waals surface area contributed by atoms with Crippen molar-refractivity contribution in [2.24, 2.45) is 0 Å². The Bertz CT molecular complexity index is 484. The van der Waals surface area contributed by atoms with Crippen LogP contribution in [0.25, 0.3) is 0 Å². The monoisotopic (exact) mass is 261 g/mol. The normalized spacial score (nSPS) is 12.3. The average molecular weight is 261 g/mol. The predicted octanol–water partition coefficient (Wildman–Crippen LogP) is 3.17. The van der Waals surface area contributed by atoms with Crippen LogP contribution in [0.1, 0.15) is 38.1 Å². The number of hydrogen-bond donors (Lipinski definition) is 1. The molecule has 1 atom stereocenters. The summed E-state index contributed by atoms with van der Waals surface area (Å²) in [7, 11) is 0. The van der Waals surface area contributed by atoms with Crippen molar-refractivity contribution < 1.29 is 9.26 Å². The molecule has 0 aliphatic rings. The molecule has 0 fully saturated rings. The van der Waals surface area contributed by atoms with Gasteiger partial charge in [-0.05, 0) is 25.5 Å². The first-order chi connectivity index (χ1) is 9.33. The van der Waals surface area contributed by atoms with Gasteiger partial charge >= 0.3 is 0 Å². The van der Waals surface area contributed by atoms with Crippen molar-refractivity contribution in [3.63, 3.8) is 0 Å². The van der Waals surface area contributed by atoms with Gasteiger partial charge in [0.05, 0.1) is 6.54 Å². The van der Waals surface area contributed by atoms with Gasteiger partial charge in [0.15, 0.2) is 0 Å². The van der Waals surface area contributed by atoms with Crippen molar-refractivity contribution in [2.75, 3.05) is 11.9 Å². The van der Waals surface area contributed by atoms with Crippen LogP contribution in [0.2, 0.25) is 0 Å². The fraction of sp³-hybridized carbons (Fsp3) is 0.429. The van der Waals surface area contributed by atoms with Gasteiger partial charge in [0.2, 0.25) is 11.7 Å². The molecule has 0 aliphatic heterocycles. The second-order valence-corrected chi connectivity index (χ2v) is 4.12. The molecule has 1 aromatic carbocycles. The van der Waals surface area contributed by atoms with Crippen LogP contribution in [-0.2, 0) is 11.3 Å². The van der Waals surface area contributed by atoms with E-state index in [1.54, 1.807) is 0 Å². The summed E-state index contributed by atoms with van der Waals surface area (Å²) in [5.41, 5.74) is 1.03. The van der Waals surface area contributed by atoms with E-state index in [-0.39, 0.29) is 6.10 Å². The van der Waals surface area contributed by atoms with Crippen LogP contribution >= 0.6 is 0 Å². The Morgan fingerprint density at radius 2 is 2.05 bits per heavy atom. The van der Waals surface area contributed by atoms with Crippen molar-refractivity contribution in [3.05, 3.63) is 42.0 Å². The van der Waals surface area contributed by atoms with Crippen molar-refractivity contribution in [1.82, 2.24) is 10.1 Å². The van der Waals surface area contributed by atoms with Crippen LogP contribution in [0, 0.1) is 0 Å². The first kappa shape index (κ1) is 13.5. The second-order valence-electron chi connectivity index (χ2n) is 4.12. The molecule has 102 valence electrons. The van der Waals surface area contributed by atoms with E-state index in [0.29, 0.717) is 24.9 Å². The third kappa shape index (κ3) is 3.79. The van der Waals surface area contributed by atoms with Gasteiger partial charge in [-0.2, -0.15) is 4.98 Å². The van der Waals surface area contributed by atoms with E-state index < -0.39 is 0 Å². The van der Waals surface area contributed by atoms with Crippen LogP contribution < -0.4 is 5.32 Å². The maximum atomic E-state index is 5.55. The first-order valence-electron chi connectivity index (χ1n) is 6.56. The molecule has 1 aromatic heterocycles. The number of nitrogens with one attached hydrogen (secondary N) is 1. The molecule has 19 heavy (non-hydrogen) atoms. The third-order valence-electron chi connectivity index (χ3n) is 2.73. The Labute approximate surface area is 113 Å². The molecule has 5 heteroatoms. The zero-order valence-corrected chi connectivity index (χ0v) is 11.3. The fourth-order valence-electron chi connectivity index (χ4n) is 1.78. The van der Waals surface area contributed by atoms with Gasteiger partial charge in [-0.15, -0.1) is 0 Å². The molecule has 1 unspecified atom stereocenters. The standard InChI is InChI=1S/C14H19N3O2/c1-3-12(18-4-2)14-16-13(19-17-14)10-15-11-8-6-5-7-9-11/h5-9,12,15H,3-4,10H2,1-2H3. The number of rotatable bonds is 7. The molecule has 1 N–H and O–H groups in total. The van der Waals surface area contributed by atoms with E-state index in [1.165, 1.54) is 0 Å². The highest BCUT2D eigenvalue weighted by Gasteiger charge is 2.16. The molecule has 0 radical (unpaired) electrons. The summed E-state index contributed by atoms with van der Waals surface area (Å²) in [6.07, 6.45) is 0.748. The lowest BCUT2D eigenvalue weighted by molar-refractivity contribution is 0.0518. The molecule has 0 amide bonds. The fourth-order valence-corrected chi connectivity index (χ4v) is 1.78. The molecule has 0 bridgehead atoms. The molecule has 0 saturated carbocycles. The molecule has 5 nitrogen and oxygen atoms in total. The zero-order chi connectivity index (χ0) is 13.5. The Morgan fingerprint density at radius 1 is 1.26 bits per heavy atom. The second kappa shape index (κ2) is 6.89. The van der Waals surface area contributed by atoms with E-state index in [1.807, 2.05) is 44.2 Å². The summed E-state index contributed by atoms with van der Waals surface area (Å²) in [6.45, 7) is 5.16. The minimum absolute atomic E-state index is 0.0841. The number of benzene rings is 1. The zero-order valence-electron chi connectivity index (χ0n) is 11.3. The van der Waals surface area contributed by atoms with Crippen LogP contribution in [0.15, 0.2) is 34.9 Å². The van der Waals surface area contributed by atoms with Gasteiger partial charge in [-0.1, -0.05) is 30.3 Å². The van der Waals surface area contributed by atoms with Gasteiger partial charge in [0.1, 0.15) is 6.10 Å². The Morgan fingerprint density at radius 3 is 2.74 bits per heavy atom. The predicted molar refractivity (Wildman–Crippen MR) is 72.7 cm³/mol. The molecule has 0 aliphatic carbocycles. The van der Waals surface area contributed by atoms with Gasteiger partial charge in [0.25, 0.3) is 0 Å². The number of hydrogen-bond acceptors (Lipinski definition) is 5. The maximum Gasteiger partial charge on any atom is 0.246 e. The minimum Gasteiger partial charge on any atom is -0.376 e. The van der Waals surface area contributed by atoms with E-state index >= 15 is 0 Å². The summed E-state index contributed by atoms with van der Waals surface area (Å²) in [5, 5.41) is 7.19. The van der Waals surface area contributed by atoms with E-state index in [2.05, 4.69) is 15.5 Å². The van der Waals surface area contributed by atoms with Gasteiger partial charge in [-0.3, -0.25) is 0 Å². The highest BCUT2D eigenvalue weighted by Crippen LogP contribution is 2.18. The van der Waals surface area contributed by atoms with Gasteiger partial charge in [0, 0.05) is 12.3 Å². The van der Waals surface area contributed by atoms with Crippen LogP contribution in [0.4, 0.5) is 5.69 Å². The van der Waals surface area contributed by atoms with Gasteiger partial charge in [-0.25, -0.2) is 0 Å². The van der Waals surface area contributed by atoms with Crippen LogP contribution in [0.3, 0.4) is 0 Å². The average Bonchev–Trinajstić information content (AvgIpc) is 2.92. The number of aromatic nitrogens is 2. The molecule has 0 spiro atoms. The SMILES string of the molecule is CCOC(CC)c1noc(CNc2ccccc2)n1. The summed E-state index contributed by atoms with van der Waals surface area (Å²) < 4.78 is 10.8. The first-order valence-corrected chi connectivity index (χ1v) is 6.56. The summed E-state index contributed by atoms with van der Waals surface area (Å²) in [4.78, 5) is 4.35. The molecular weight excluding hydrogens is 242 g/mol. The summed E-state index contributed by atoms with van der Waals surface area (Å²) in [6, 6.07) is 9.91. The number of para-hydroxylation sites is 1. The Hall–Kier alpha value is -1.88. The lowest BCUT2D eigenvalue weighted by Crippen LogP contribution is -2.05. The Kier molecular flexibility index (Phi) is 4.92. The number of ether oxygens (including phenoxy) is 1. The molecule has 2 rings (SSSR count). The lowest BCUT2D eigenvalue weighted by atomic mass is 10.2. The van der Waals surface area contributed by atoms with Crippen molar-refractivity contribution in [1.29, 1.82) is 0 Å². The molecule has 0 saturated heterocycles. The van der Waals surface area contributed by atoms with Crippen LogP contribution in [-0.4, -0.2) is 16.7 Å². The maximum absolute atomic E-state index is 5.55. The van der Waals surface area contributed by atoms with Crippen molar-refractivity contribution >= 4 is 5.69 Å². The highest BCUT2D eigenvalue weighted by atomic mass is 16.5. The topological polar surface area (TPSA) is 60.2 Å². The third-order valence-corrected chi connectivity index (χ3v) is 2.73. The quantitative estimate of drug-likeness (QED) is 0.829. The number of anilines is 1. The summed E-state index contributed by atoms with van der Waals surface area (Å²) in [5.74, 6) is 1.19. The smallest absolute Gasteiger partial charge is 0.246 e. The summed E-state index contributed by atoms with van der Waals surface area (Å²) >= 11 is 0. The van der Waals surface area contributed by atoms with E-state index in [0.717, 1.165) is 12.1 Å². The molecule has 1 heterocycles.